The summed E-state index contributed by atoms with van der Waals surface area (Å²) in [5.74, 6) is -0.584. The second-order valence-electron chi connectivity index (χ2n) is 5.58. The molecule has 0 aliphatic heterocycles. The number of carbonyl (C=O) groups is 1. The summed E-state index contributed by atoms with van der Waals surface area (Å²) in [4.78, 5) is 15.1. The number of hydrogen-bond donors (Lipinski definition) is 1. The quantitative estimate of drug-likeness (QED) is 0.571. The molecule has 1 N–H and O–H groups in total. The van der Waals surface area contributed by atoms with Gasteiger partial charge in [0.15, 0.2) is 18.1 Å². The Bertz CT molecular complexity index is 846. The Kier molecular flexibility index (Phi) is 6.49. The van der Waals surface area contributed by atoms with Gasteiger partial charge < -0.3 is 14.6 Å². The highest BCUT2D eigenvalue weighted by Crippen LogP contribution is 2.33. The van der Waals surface area contributed by atoms with Crippen LogP contribution in [0.5, 0.6) is 11.5 Å². The van der Waals surface area contributed by atoms with Crippen molar-refractivity contribution in [3.8, 4) is 11.5 Å². The summed E-state index contributed by atoms with van der Waals surface area (Å²) in [7, 11) is 1.48. The van der Waals surface area contributed by atoms with Gasteiger partial charge in [0.25, 0.3) is 0 Å². The van der Waals surface area contributed by atoms with Crippen LogP contribution in [0.15, 0.2) is 48.0 Å². The van der Waals surface area contributed by atoms with Crippen LogP contribution in [-0.4, -0.2) is 31.0 Å². The number of carboxylic acid groups (broad SMARTS) is 1. The first-order valence-electron chi connectivity index (χ1n) is 7.91. The minimum absolute atomic E-state index is 0.279. The van der Waals surface area contributed by atoms with Crippen LogP contribution in [0.25, 0.3) is 0 Å². The number of aryl methyl sites for hydroxylation is 1. The van der Waals surface area contributed by atoms with E-state index in [0.717, 1.165) is 11.1 Å². The summed E-state index contributed by atoms with van der Waals surface area (Å²) in [6.45, 7) is 4.91. The van der Waals surface area contributed by atoms with Gasteiger partial charge in [0.1, 0.15) is 5.82 Å². The third kappa shape index (κ3) is 4.92. The second-order valence-corrected chi connectivity index (χ2v) is 5.58. The molecular formula is C20H20FNO4. The first-order chi connectivity index (χ1) is 12.4. The number of aliphatic imine (C=N–C) groups is 1. The van der Waals surface area contributed by atoms with Gasteiger partial charge in [-0.1, -0.05) is 6.08 Å². The van der Waals surface area contributed by atoms with E-state index in [-0.39, 0.29) is 5.82 Å². The number of carboxylic acids is 1. The maximum Gasteiger partial charge on any atom is 0.341 e. The van der Waals surface area contributed by atoms with E-state index in [2.05, 4.69) is 11.6 Å². The van der Waals surface area contributed by atoms with Gasteiger partial charge in [-0.05, 0) is 54.8 Å². The highest BCUT2D eigenvalue weighted by molar-refractivity contribution is 5.84. The maximum atomic E-state index is 13.3. The van der Waals surface area contributed by atoms with Crippen LogP contribution in [0.4, 0.5) is 10.1 Å². The standard InChI is InChI=1S/C20H20FNO4/c1-4-5-15-9-14(10-18(25-3)20(15)26-12-19(23)24)11-22-16-6-7-17(21)13(2)8-16/h4,6-11H,1,5,12H2,2-3H3,(H,23,24). The Morgan fingerprint density at radius 1 is 1.35 bits per heavy atom. The van der Waals surface area contributed by atoms with Crippen LogP contribution in [-0.2, 0) is 11.2 Å². The summed E-state index contributed by atoms with van der Waals surface area (Å²) in [6, 6.07) is 8.13. The van der Waals surface area contributed by atoms with Gasteiger partial charge in [0.2, 0.25) is 0 Å². The molecule has 0 atom stereocenters. The van der Waals surface area contributed by atoms with E-state index in [4.69, 9.17) is 14.6 Å². The zero-order chi connectivity index (χ0) is 19.1. The van der Waals surface area contributed by atoms with Crippen molar-refractivity contribution in [1.82, 2.24) is 0 Å². The Morgan fingerprint density at radius 3 is 2.73 bits per heavy atom. The van der Waals surface area contributed by atoms with E-state index in [1.54, 1.807) is 37.4 Å². The molecule has 0 unspecified atom stereocenters. The fraction of sp³-hybridized carbons (Fsp3) is 0.200. The molecule has 0 saturated heterocycles. The van der Waals surface area contributed by atoms with Crippen LogP contribution in [0.1, 0.15) is 16.7 Å². The normalized spacial score (nSPS) is 10.7. The minimum Gasteiger partial charge on any atom is -0.493 e. The van der Waals surface area contributed by atoms with Crippen molar-refractivity contribution in [2.24, 2.45) is 4.99 Å². The third-order valence-electron chi connectivity index (χ3n) is 3.58. The van der Waals surface area contributed by atoms with Gasteiger partial charge in [0.05, 0.1) is 12.8 Å². The van der Waals surface area contributed by atoms with E-state index >= 15 is 0 Å². The third-order valence-corrected chi connectivity index (χ3v) is 3.58. The molecule has 0 fully saturated rings. The number of ether oxygens (including phenoxy) is 2. The minimum atomic E-state index is -1.08. The van der Waals surface area contributed by atoms with Crippen molar-refractivity contribution in [2.45, 2.75) is 13.3 Å². The predicted octanol–water partition coefficient (Wildman–Crippen LogP) is 4.09. The van der Waals surface area contributed by atoms with Crippen LogP contribution >= 0.6 is 0 Å². The molecule has 0 heterocycles. The van der Waals surface area contributed by atoms with Gasteiger partial charge >= 0.3 is 5.97 Å². The number of benzene rings is 2. The fourth-order valence-corrected chi connectivity index (χ4v) is 2.37. The number of allylic oxidation sites excluding steroid dienone is 1. The number of hydrogen-bond acceptors (Lipinski definition) is 4. The summed E-state index contributed by atoms with van der Waals surface area (Å²) in [6.07, 6.45) is 3.79. The molecule has 0 amide bonds. The lowest BCUT2D eigenvalue weighted by Gasteiger charge is -2.14. The molecule has 2 aromatic carbocycles. The fourth-order valence-electron chi connectivity index (χ4n) is 2.37. The average molecular weight is 357 g/mol. The first-order valence-corrected chi connectivity index (χ1v) is 7.91. The molecule has 0 saturated carbocycles. The molecule has 0 aliphatic carbocycles. The number of rotatable bonds is 8. The van der Waals surface area contributed by atoms with Crippen LogP contribution in [0, 0.1) is 12.7 Å². The highest BCUT2D eigenvalue weighted by Gasteiger charge is 2.13. The van der Waals surface area contributed by atoms with Crippen LogP contribution < -0.4 is 9.47 Å². The molecule has 0 bridgehead atoms. The Morgan fingerprint density at radius 2 is 2.12 bits per heavy atom. The Hall–Kier alpha value is -3.15. The largest absolute Gasteiger partial charge is 0.493 e. The van der Waals surface area contributed by atoms with Crippen molar-refractivity contribution in [3.05, 3.63) is 65.5 Å². The highest BCUT2D eigenvalue weighted by atomic mass is 19.1. The molecule has 0 aromatic heterocycles. The summed E-state index contributed by atoms with van der Waals surface area (Å²) in [5, 5.41) is 8.83. The van der Waals surface area contributed by atoms with Crippen molar-refractivity contribution >= 4 is 17.9 Å². The lowest BCUT2D eigenvalue weighted by Crippen LogP contribution is -2.11. The topological polar surface area (TPSA) is 68.1 Å². The lowest BCUT2D eigenvalue weighted by atomic mass is 10.1. The van der Waals surface area contributed by atoms with E-state index in [1.165, 1.54) is 13.2 Å². The zero-order valence-corrected chi connectivity index (χ0v) is 14.7. The molecule has 0 aliphatic rings. The van der Waals surface area contributed by atoms with Crippen molar-refractivity contribution in [2.75, 3.05) is 13.7 Å². The maximum absolute atomic E-state index is 13.3. The molecule has 0 spiro atoms. The van der Waals surface area contributed by atoms with E-state index in [0.29, 0.717) is 29.2 Å². The van der Waals surface area contributed by atoms with Crippen LogP contribution in [0.2, 0.25) is 0 Å². The smallest absolute Gasteiger partial charge is 0.341 e. The number of nitrogens with zero attached hydrogens (tertiary/aromatic N) is 1. The number of aliphatic carboxylic acids is 1. The summed E-state index contributed by atoms with van der Waals surface area (Å²) < 4.78 is 24.0. The van der Waals surface area contributed by atoms with E-state index < -0.39 is 12.6 Å². The first kappa shape index (κ1) is 19.2. The Balaban J connectivity index is 2.37. The molecule has 2 rings (SSSR count). The molecule has 0 radical (unpaired) electrons. The Labute approximate surface area is 151 Å². The number of methoxy groups -OCH3 is 1. The van der Waals surface area contributed by atoms with Gasteiger partial charge in [0, 0.05) is 11.8 Å². The number of halogens is 1. The van der Waals surface area contributed by atoms with Crippen molar-refractivity contribution in [3.63, 3.8) is 0 Å². The SMILES string of the molecule is C=CCc1cc(C=Nc2ccc(F)c(C)c2)cc(OC)c1OCC(=O)O. The predicted molar refractivity (Wildman–Crippen MR) is 98.4 cm³/mol. The second kappa shape index (κ2) is 8.80. The molecule has 2 aromatic rings. The monoisotopic (exact) mass is 357 g/mol. The molecule has 26 heavy (non-hydrogen) atoms. The van der Waals surface area contributed by atoms with E-state index in [9.17, 15) is 9.18 Å². The molecule has 136 valence electrons. The zero-order valence-electron chi connectivity index (χ0n) is 14.7. The van der Waals surface area contributed by atoms with Gasteiger partial charge in [-0.3, -0.25) is 4.99 Å². The van der Waals surface area contributed by atoms with Crippen LogP contribution in [0.3, 0.4) is 0 Å². The molecular weight excluding hydrogens is 337 g/mol. The van der Waals surface area contributed by atoms with Crippen molar-refractivity contribution in [1.29, 1.82) is 0 Å². The molecule has 6 heteroatoms. The summed E-state index contributed by atoms with van der Waals surface area (Å²) >= 11 is 0. The van der Waals surface area contributed by atoms with E-state index in [1.807, 2.05) is 6.07 Å². The summed E-state index contributed by atoms with van der Waals surface area (Å²) in [5.41, 5.74) is 2.61. The van der Waals surface area contributed by atoms with Gasteiger partial charge in [-0.15, -0.1) is 6.58 Å². The average Bonchev–Trinajstić information content (AvgIpc) is 2.61. The van der Waals surface area contributed by atoms with Gasteiger partial charge in [-0.25, -0.2) is 9.18 Å². The van der Waals surface area contributed by atoms with Crippen molar-refractivity contribution < 1.29 is 23.8 Å². The van der Waals surface area contributed by atoms with Gasteiger partial charge in [-0.2, -0.15) is 0 Å². The lowest BCUT2D eigenvalue weighted by molar-refractivity contribution is -0.139. The molecule has 5 nitrogen and oxygen atoms in total.